The summed E-state index contributed by atoms with van der Waals surface area (Å²) in [5.74, 6) is -2.21. The molecule has 9 heteroatoms. The van der Waals surface area contributed by atoms with Crippen LogP contribution in [0.15, 0.2) is 0 Å². The number of carbonyl (C=O) groups excluding carboxylic acids is 1. The van der Waals surface area contributed by atoms with Gasteiger partial charge in [-0.05, 0) is 0 Å². The standard InChI is InChI=1S/C8H13NO6S2/c1-15-7(10)5-17(13,14)9-2-3-16-4-6(9)8(11)12/h6H,2-5H2,1H3,(H,11,12). The number of carboxylic acids is 1. The van der Waals surface area contributed by atoms with Gasteiger partial charge in [-0.2, -0.15) is 16.1 Å². The number of hydrogen-bond donors (Lipinski definition) is 1. The van der Waals surface area contributed by atoms with Crippen molar-refractivity contribution in [2.24, 2.45) is 0 Å². The molecule has 1 aliphatic rings. The highest BCUT2D eigenvalue weighted by Gasteiger charge is 2.38. The Kier molecular flexibility index (Phi) is 4.78. The monoisotopic (exact) mass is 283 g/mol. The van der Waals surface area contributed by atoms with Crippen LogP contribution in [0.5, 0.6) is 0 Å². The highest BCUT2D eigenvalue weighted by Crippen LogP contribution is 2.20. The summed E-state index contributed by atoms with van der Waals surface area (Å²) in [5, 5.41) is 8.93. The van der Waals surface area contributed by atoms with E-state index in [-0.39, 0.29) is 12.3 Å². The van der Waals surface area contributed by atoms with Crippen LogP contribution in [0.3, 0.4) is 0 Å². The molecule has 1 atom stereocenters. The van der Waals surface area contributed by atoms with Crippen LogP contribution in [0, 0.1) is 0 Å². The normalized spacial score (nSPS) is 22.1. The maximum absolute atomic E-state index is 11.8. The number of carbonyl (C=O) groups is 2. The molecule has 1 rings (SSSR count). The van der Waals surface area contributed by atoms with Gasteiger partial charge in [-0.1, -0.05) is 0 Å². The zero-order valence-electron chi connectivity index (χ0n) is 9.16. The number of thioether (sulfide) groups is 1. The lowest BCUT2D eigenvalue weighted by Gasteiger charge is -2.31. The van der Waals surface area contributed by atoms with Gasteiger partial charge in [0, 0.05) is 18.1 Å². The molecule has 0 amide bonds. The van der Waals surface area contributed by atoms with Crippen LogP contribution in [0.25, 0.3) is 0 Å². The summed E-state index contributed by atoms with van der Waals surface area (Å²) in [6, 6.07) is -1.11. The molecular weight excluding hydrogens is 270 g/mol. The molecule has 1 fully saturated rings. The van der Waals surface area contributed by atoms with Gasteiger partial charge in [0.05, 0.1) is 7.11 Å². The summed E-state index contributed by atoms with van der Waals surface area (Å²) in [7, 11) is -2.84. The number of esters is 1. The molecule has 1 heterocycles. The fourth-order valence-corrected chi connectivity index (χ4v) is 4.16. The van der Waals surface area contributed by atoms with Crippen LogP contribution in [0.2, 0.25) is 0 Å². The van der Waals surface area contributed by atoms with Crippen molar-refractivity contribution in [3.8, 4) is 0 Å². The van der Waals surface area contributed by atoms with Crippen molar-refractivity contribution in [2.45, 2.75) is 6.04 Å². The molecule has 0 radical (unpaired) electrons. The predicted octanol–water partition coefficient (Wildman–Crippen LogP) is -1.01. The lowest BCUT2D eigenvalue weighted by molar-refractivity contribution is -0.141. The van der Waals surface area contributed by atoms with E-state index in [9.17, 15) is 18.0 Å². The second-order valence-corrected chi connectivity index (χ2v) is 6.44. The molecule has 17 heavy (non-hydrogen) atoms. The van der Waals surface area contributed by atoms with Gasteiger partial charge in [0.15, 0.2) is 5.75 Å². The van der Waals surface area contributed by atoms with Crippen LogP contribution in [-0.4, -0.2) is 66.7 Å². The highest BCUT2D eigenvalue weighted by atomic mass is 32.2. The Morgan fingerprint density at radius 2 is 2.18 bits per heavy atom. The Bertz CT molecular complexity index is 406. The first-order valence-electron chi connectivity index (χ1n) is 4.75. The van der Waals surface area contributed by atoms with E-state index in [0.29, 0.717) is 5.75 Å². The topological polar surface area (TPSA) is 101 Å². The first-order valence-corrected chi connectivity index (χ1v) is 7.51. The number of hydrogen-bond acceptors (Lipinski definition) is 6. The quantitative estimate of drug-likeness (QED) is 0.660. The van der Waals surface area contributed by atoms with Crippen molar-refractivity contribution in [3.05, 3.63) is 0 Å². The molecule has 98 valence electrons. The van der Waals surface area contributed by atoms with Gasteiger partial charge in [-0.3, -0.25) is 9.59 Å². The number of nitrogens with zero attached hydrogens (tertiary/aromatic N) is 1. The van der Waals surface area contributed by atoms with Crippen LogP contribution in [0.4, 0.5) is 0 Å². The average molecular weight is 283 g/mol. The minimum Gasteiger partial charge on any atom is -0.480 e. The second-order valence-electron chi connectivity index (χ2n) is 3.37. The maximum atomic E-state index is 11.8. The summed E-state index contributed by atoms with van der Waals surface area (Å²) in [6.45, 7) is 0.0982. The Morgan fingerprint density at radius 3 is 2.71 bits per heavy atom. The molecule has 0 aromatic carbocycles. The fraction of sp³-hybridized carbons (Fsp3) is 0.750. The molecule has 1 unspecified atom stereocenters. The van der Waals surface area contributed by atoms with Crippen LogP contribution >= 0.6 is 11.8 Å². The molecule has 1 N–H and O–H groups in total. The van der Waals surface area contributed by atoms with Crippen LogP contribution < -0.4 is 0 Å². The molecule has 0 spiro atoms. The van der Waals surface area contributed by atoms with Crippen molar-refractivity contribution in [1.29, 1.82) is 0 Å². The SMILES string of the molecule is COC(=O)CS(=O)(=O)N1CCSCC1C(=O)O. The van der Waals surface area contributed by atoms with E-state index >= 15 is 0 Å². The molecule has 7 nitrogen and oxygen atoms in total. The lowest BCUT2D eigenvalue weighted by atomic mass is 10.3. The Morgan fingerprint density at radius 1 is 1.53 bits per heavy atom. The number of aliphatic carboxylic acids is 1. The average Bonchev–Trinajstić information content (AvgIpc) is 2.28. The van der Waals surface area contributed by atoms with Gasteiger partial charge in [-0.15, -0.1) is 0 Å². The first-order chi connectivity index (χ1) is 7.88. The number of methoxy groups -OCH3 is 1. The van der Waals surface area contributed by atoms with E-state index in [1.807, 2.05) is 0 Å². The summed E-state index contributed by atoms with van der Waals surface area (Å²) in [5.41, 5.74) is 0. The van der Waals surface area contributed by atoms with Gasteiger partial charge in [0.25, 0.3) is 0 Å². The Labute approximate surface area is 103 Å². The van der Waals surface area contributed by atoms with E-state index in [2.05, 4.69) is 4.74 Å². The Hall–Kier alpha value is -0.800. The van der Waals surface area contributed by atoms with Crippen molar-refractivity contribution in [3.63, 3.8) is 0 Å². The molecular formula is C8H13NO6S2. The van der Waals surface area contributed by atoms with E-state index in [4.69, 9.17) is 5.11 Å². The maximum Gasteiger partial charge on any atom is 0.322 e. The summed E-state index contributed by atoms with van der Waals surface area (Å²) < 4.78 is 28.8. The zero-order valence-corrected chi connectivity index (χ0v) is 10.8. The van der Waals surface area contributed by atoms with Crippen molar-refractivity contribution in [1.82, 2.24) is 4.31 Å². The number of rotatable bonds is 4. The molecule has 0 aromatic rings. The largest absolute Gasteiger partial charge is 0.480 e. The molecule has 0 aliphatic carbocycles. The first kappa shape index (κ1) is 14.3. The minimum atomic E-state index is -3.92. The summed E-state index contributed by atoms with van der Waals surface area (Å²) in [4.78, 5) is 21.9. The molecule has 1 aliphatic heterocycles. The molecule has 0 aromatic heterocycles. The molecule has 1 saturated heterocycles. The van der Waals surface area contributed by atoms with Gasteiger partial charge in [-0.25, -0.2) is 8.42 Å². The lowest BCUT2D eigenvalue weighted by Crippen LogP contribution is -2.51. The summed E-state index contributed by atoms with van der Waals surface area (Å²) in [6.07, 6.45) is 0. The van der Waals surface area contributed by atoms with Gasteiger partial charge in [0.2, 0.25) is 10.0 Å². The van der Waals surface area contributed by atoms with Gasteiger partial charge < -0.3 is 9.84 Å². The van der Waals surface area contributed by atoms with Crippen molar-refractivity contribution >= 4 is 33.7 Å². The van der Waals surface area contributed by atoms with E-state index < -0.39 is 33.8 Å². The van der Waals surface area contributed by atoms with Gasteiger partial charge in [0.1, 0.15) is 6.04 Å². The smallest absolute Gasteiger partial charge is 0.322 e. The van der Waals surface area contributed by atoms with Gasteiger partial charge >= 0.3 is 11.9 Å². The van der Waals surface area contributed by atoms with E-state index in [0.717, 1.165) is 11.4 Å². The summed E-state index contributed by atoms with van der Waals surface area (Å²) >= 11 is 1.37. The van der Waals surface area contributed by atoms with Crippen molar-refractivity contribution < 1.29 is 27.9 Å². The Balaban J connectivity index is 2.87. The number of ether oxygens (including phenoxy) is 1. The fourth-order valence-electron chi connectivity index (χ4n) is 1.41. The van der Waals surface area contributed by atoms with Crippen molar-refractivity contribution in [2.75, 3.05) is 30.9 Å². The third-order valence-electron chi connectivity index (χ3n) is 2.25. The molecule has 0 bridgehead atoms. The molecule has 0 saturated carbocycles. The van der Waals surface area contributed by atoms with E-state index in [1.165, 1.54) is 11.8 Å². The third-order valence-corrected chi connectivity index (χ3v) is 5.02. The zero-order chi connectivity index (χ0) is 13.1. The van der Waals surface area contributed by atoms with E-state index in [1.54, 1.807) is 0 Å². The highest BCUT2D eigenvalue weighted by molar-refractivity contribution is 7.99. The third kappa shape index (κ3) is 3.58. The number of carboxylic acid groups (broad SMARTS) is 1. The minimum absolute atomic E-state index is 0.0982. The van der Waals surface area contributed by atoms with Crippen LogP contribution in [0.1, 0.15) is 0 Å². The van der Waals surface area contributed by atoms with Crippen LogP contribution in [-0.2, 0) is 24.3 Å². The number of sulfonamides is 1. The predicted molar refractivity (Wildman–Crippen MR) is 61.3 cm³/mol. The second kappa shape index (κ2) is 5.69.